The van der Waals surface area contributed by atoms with E-state index in [4.69, 9.17) is 13.8 Å². The highest BCUT2D eigenvalue weighted by Crippen LogP contribution is 2.44. The molecule has 0 unspecified atom stereocenters. The average molecular weight is 655 g/mol. The molecule has 240 valence electrons. The number of fused-ring (bicyclic) bond motifs is 5. The fourth-order valence-electron chi connectivity index (χ4n) is 7.23. The van der Waals surface area contributed by atoms with Gasteiger partial charge in [0.05, 0.1) is 5.69 Å². The number of oxazole rings is 1. The SMILES string of the molecule is c1ccc(-c2nc3c(-c4ccc(N(c5ccc6oc7ccccc7c6c5)c5ccccc5-c5ccc6ccccc6c5)cc4)cccc3o2)cc1. The maximum atomic E-state index is 6.23. The minimum Gasteiger partial charge on any atom is -0.456 e. The molecule has 0 saturated heterocycles. The third kappa shape index (κ3) is 5.04. The van der Waals surface area contributed by atoms with E-state index in [1.807, 2.05) is 54.6 Å². The summed E-state index contributed by atoms with van der Waals surface area (Å²) < 4.78 is 12.4. The standard InChI is InChI=1S/C47H30N2O2/c1-2-12-33(13-3-1)47-48-46-39(17-10-20-45(46)51-47)32-23-25-36(26-24-32)49(37-27-28-44-41(30-37)40-16-7-9-19-43(40)50-44)42-18-8-6-15-38(42)35-22-21-31-11-4-5-14-34(31)29-35/h1-30H. The molecular formula is C47H30N2O2. The third-order valence-corrected chi connectivity index (χ3v) is 9.70. The van der Waals surface area contributed by atoms with Crippen LogP contribution in [-0.2, 0) is 0 Å². The van der Waals surface area contributed by atoms with Gasteiger partial charge >= 0.3 is 0 Å². The van der Waals surface area contributed by atoms with Crippen LogP contribution >= 0.6 is 0 Å². The van der Waals surface area contributed by atoms with Crippen molar-refractivity contribution in [2.45, 2.75) is 0 Å². The Labute approximate surface area is 294 Å². The summed E-state index contributed by atoms with van der Waals surface area (Å²) in [6, 6.07) is 63.5. The van der Waals surface area contributed by atoms with Crippen LogP contribution in [0.2, 0.25) is 0 Å². The average Bonchev–Trinajstić information content (AvgIpc) is 3.81. The number of aromatic nitrogens is 1. The van der Waals surface area contributed by atoms with Crippen molar-refractivity contribution in [1.82, 2.24) is 4.98 Å². The summed E-state index contributed by atoms with van der Waals surface area (Å²) in [5.74, 6) is 0.619. The van der Waals surface area contributed by atoms with Crippen molar-refractivity contribution in [2.75, 3.05) is 4.90 Å². The van der Waals surface area contributed by atoms with Gasteiger partial charge in [-0.05, 0) is 88.6 Å². The Balaban J connectivity index is 1.13. The first-order valence-corrected chi connectivity index (χ1v) is 17.1. The Hall–Kier alpha value is -6.91. The number of hydrogen-bond acceptors (Lipinski definition) is 4. The van der Waals surface area contributed by atoms with Gasteiger partial charge in [-0.1, -0.05) is 115 Å². The van der Waals surface area contributed by atoms with Gasteiger partial charge < -0.3 is 13.7 Å². The van der Waals surface area contributed by atoms with E-state index < -0.39 is 0 Å². The van der Waals surface area contributed by atoms with Gasteiger partial charge in [0.2, 0.25) is 5.89 Å². The first-order chi connectivity index (χ1) is 25.3. The number of para-hydroxylation sites is 3. The number of anilines is 3. The van der Waals surface area contributed by atoms with Crippen molar-refractivity contribution in [2.24, 2.45) is 0 Å². The lowest BCUT2D eigenvalue weighted by atomic mass is 9.98. The molecule has 0 amide bonds. The predicted molar refractivity (Wildman–Crippen MR) is 210 cm³/mol. The molecule has 8 aromatic carbocycles. The van der Waals surface area contributed by atoms with Crippen molar-refractivity contribution in [3.8, 4) is 33.7 Å². The van der Waals surface area contributed by atoms with Crippen LogP contribution in [0.1, 0.15) is 0 Å². The Kier molecular flexibility index (Phi) is 6.78. The second-order valence-electron chi connectivity index (χ2n) is 12.8. The first-order valence-electron chi connectivity index (χ1n) is 17.1. The van der Waals surface area contributed by atoms with Crippen LogP contribution in [-0.4, -0.2) is 4.98 Å². The van der Waals surface area contributed by atoms with Crippen molar-refractivity contribution in [1.29, 1.82) is 0 Å². The van der Waals surface area contributed by atoms with Gasteiger partial charge in [-0.25, -0.2) is 4.98 Å². The molecule has 4 nitrogen and oxygen atoms in total. The molecule has 0 atom stereocenters. The van der Waals surface area contributed by atoms with E-state index >= 15 is 0 Å². The first kappa shape index (κ1) is 29.0. The van der Waals surface area contributed by atoms with Crippen molar-refractivity contribution in [3.05, 3.63) is 182 Å². The highest BCUT2D eigenvalue weighted by molar-refractivity contribution is 6.07. The lowest BCUT2D eigenvalue weighted by Crippen LogP contribution is -2.11. The summed E-state index contributed by atoms with van der Waals surface area (Å²) in [6.45, 7) is 0. The molecule has 0 aliphatic carbocycles. The van der Waals surface area contributed by atoms with Gasteiger partial charge in [0.25, 0.3) is 0 Å². The Bertz CT molecular complexity index is 2870. The molecule has 0 bridgehead atoms. The van der Waals surface area contributed by atoms with Gasteiger partial charge in [-0.15, -0.1) is 0 Å². The molecule has 4 heteroatoms. The maximum absolute atomic E-state index is 6.23. The van der Waals surface area contributed by atoms with E-state index in [-0.39, 0.29) is 0 Å². The highest BCUT2D eigenvalue weighted by Gasteiger charge is 2.20. The number of nitrogens with zero attached hydrogens (tertiary/aromatic N) is 2. The van der Waals surface area contributed by atoms with Gasteiger partial charge in [-0.2, -0.15) is 0 Å². The number of rotatable bonds is 6. The van der Waals surface area contributed by atoms with Crippen molar-refractivity contribution < 1.29 is 8.83 Å². The van der Waals surface area contributed by atoms with Gasteiger partial charge in [0.15, 0.2) is 5.58 Å². The van der Waals surface area contributed by atoms with Gasteiger partial charge in [0.1, 0.15) is 16.7 Å². The van der Waals surface area contributed by atoms with E-state index in [9.17, 15) is 0 Å². The van der Waals surface area contributed by atoms with Crippen LogP contribution < -0.4 is 4.90 Å². The van der Waals surface area contributed by atoms with E-state index in [1.165, 1.54) is 10.8 Å². The lowest BCUT2D eigenvalue weighted by Gasteiger charge is -2.28. The summed E-state index contributed by atoms with van der Waals surface area (Å²) in [5, 5.41) is 4.62. The van der Waals surface area contributed by atoms with Crippen LogP contribution in [0.3, 0.4) is 0 Å². The van der Waals surface area contributed by atoms with Crippen molar-refractivity contribution in [3.63, 3.8) is 0 Å². The summed E-state index contributed by atoms with van der Waals surface area (Å²) in [5.41, 5.74) is 11.9. The van der Waals surface area contributed by atoms with E-state index in [1.54, 1.807) is 0 Å². The van der Waals surface area contributed by atoms with Crippen LogP contribution in [0.25, 0.3) is 77.5 Å². The second-order valence-corrected chi connectivity index (χ2v) is 12.8. The normalized spacial score (nSPS) is 11.5. The fourth-order valence-corrected chi connectivity index (χ4v) is 7.23. The van der Waals surface area contributed by atoms with Crippen LogP contribution in [0.5, 0.6) is 0 Å². The number of furan rings is 1. The lowest BCUT2D eigenvalue weighted by molar-refractivity contribution is 0.620. The molecule has 51 heavy (non-hydrogen) atoms. The zero-order valence-corrected chi connectivity index (χ0v) is 27.5. The van der Waals surface area contributed by atoms with Gasteiger partial charge in [0, 0.05) is 38.8 Å². The smallest absolute Gasteiger partial charge is 0.227 e. The summed E-state index contributed by atoms with van der Waals surface area (Å²) in [4.78, 5) is 7.29. The Morgan fingerprint density at radius 2 is 1.08 bits per heavy atom. The Morgan fingerprint density at radius 3 is 1.98 bits per heavy atom. The maximum Gasteiger partial charge on any atom is 0.227 e. The molecule has 0 aliphatic rings. The van der Waals surface area contributed by atoms with E-state index in [0.29, 0.717) is 5.89 Å². The molecule has 0 fully saturated rings. The molecule has 0 spiro atoms. The minimum absolute atomic E-state index is 0.619. The molecule has 0 radical (unpaired) electrons. The molecule has 0 saturated carbocycles. The molecule has 10 rings (SSSR count). The largest absolute Gasteiger partial charge is 0.456 e. The number of hydrogen-bond donors (Lipinski definition) is 0. The zero-order valence-electron chi connectivity index (χ0n) is 27.5. The molecular weight excluding hydrogens is 625 g/mol. The third-order valence-electron chi connectivity index (χ3n) is 9.70. The zero-order chi connectivity index (χ0) is 33.7. The summed E-state index contributed by atoms with van der Waals surface area (Å²) in [7, 11) is 0. The van der Waals surface area contributed by atoms with Crippen LogP contribution in [0, 0.1) is 0 Å². The minimum atomic E-state index is 0.619. The summed E-state index contributed by atoms with van der Waals surface area (Å²) in [6.07, 6.45) is 0. The molecule has 2 aromatic heterocycles. The number of benzene rings is 8. The van der Waals surface area contributed by atoms with Crippen LogP contribution in [0.15, 0.2) is 191 Å². The second kappa shape index (κ2) is 11.9. The molecule has 0 N–H and O–H groups in total. The predicted octanol–water partition coefficient (Wildman–Crippen LogP) is 13.4. The van der Waals surface area contributed by atoms with Crippen LogP contribution in [0.4, 0.5) is 17.1 Å². The fraction of sp³-hybridized carbons (Fsp3) is 0. The molecule has 2 heterocycles. The topological polar surface area (TPSA) is 42.4 Å². The van der Waals surface area contributed by atoms with Crippen molar-refractivity contribution >= 4 is 60.9 Å². The van der Waals surface area contributed by atoms with E-state index in [0.717, 1.165) is 77.9 Å². The quantitative estimate of drug-likeness (QED) is 0.179. The molecule has 10 aromatic rings. The highest BCUT2D eigenvalue weighted by atomic mass is 16.3. The van der Waals surface area contributed by atoms with Gasteiger partial charge in [-0.3, -0.25) is 0 Å². The monoisotopic (exact) mass is 654 g/mol. The Morgan fingerprint density at radius 1 is 0.392 bits per heavy atom. The van der Waals surface area contributed by atoms with E-state index in [2.05, 4.69) is 132 Å². The summed E-state index contributed by atoms with van der Waals surface area (Å²) >= 11 is 0. The molecule has 0 aliphatic heterocycles.